The molecule has 0 atom stereocenters. The Balaban J connectivity index is 1.81. The second-order valence-corrected chi connectivity index (χ2v) is 12.3. The number of benzene rings is 2. The SMILES string of the molecule is Cn1c(=O)cc(Nc2ccc(P(C)(C)=O)cc2)c2c(=O)n(C3CC3)c(=O)n(-c3ccccc3)c21. The van der Waals surface area contributed by atoms with Crippen molar-refractivity contribution in [3.8, 4) is 5.69 Å². The summed E-state index contributed by atoms with van der Waals surface area (Å²) in [5, 5.41) is 4.19. The number of rotatable bonds is 5. The first-order valence-electron chi connectivity index (χ1n) is 11.1. The van der Waals surface area contributed by atoms with Crippen LogP contribution < -0.4 is 27.4 Å². The van der Waals surface area contributed by atoms with Crippen molar-refractivity contribution in [2.24, 2.45) is 7.05 Å². The lowest BCUT2D eigenvalue weighted by molar-refractivity contribution is 0.588. The monoisotopic (exact) mass is 476 g/mol. The second-order valence-electron chi connectivity index (χ2n) is 9.04. The van der Waals surface area contributed by atoms with Crippen LogP contribution in [0.4, 0.5) is 11.4 Å². The van der Waals surface area contributed by atoms with Crippen LogP contribution in [0.1, 0.15) is 18.9 Å². The van der Waals surface area contributed by atoms with E-state index in [0.717, 1.165) is 18.1 Å². The number of nitrogens with zero attached hydrogens (tertiary/aromatic N) is 3. The molecule has 1 aliphatic carbocycles. The third-order valence-electron chi connectivity index (χ3n) is 6.15. The second kappa shape index (κ2) is 7.99. The predicted molar refractivity (Wildman–Crippen MR) is 136 cm³/mol. The minimum absolute atomic E-state index is 0.146. The van der Waals surface area contributed by atoms with Crippen LogP contribution in [0, 0.1) is 0 Å². The highest BCUT2D eigenvalue weighted by atomic mass is 31.2. The Morgan fingerprint density at radius 1 is 0.941 bits per heavy atom. The molecule has 4 aromatic rings. The Labute approximate surface area is 195 Å². The summed E-state index contributed by atoms with van der Waals surface area (Å²) in [4.78, 5) is 40.1. The molecule has 2 aromatic heterocycles. The molecule has 174 valence electrons. The number of para-hydroxylation sites is 1. The van der Waals surface area contributed by atoms with Crippen LogP contribution in [-0.2, 0) is 11.6 Å². The number of pyridine rings is 1. The van der Waals surface area contributed by atoms with E-state index in [1.807, 2.05) is 18.2 Å². The van der Waals surface area contributed by atoms with E-state index in [-0.39, 0.29) is 22.6 Å². The summed E-state index contributed by atoms with van der Waals surface area (Å²) < 4.78 is 16.4. The summed E-state index contributed by atoms with van der Waals surface area (Å²) in [5.41, 5.74) is 0.542. The summed E-state index contributed by atoms with van der Waals surface area (Å²) >= 11 is 0. The number of aryl methyl sites for hydroxylation is 1. The van der Waals surface area contributed by atoms with Gasteiger partial charge in [0.1, 0.15) is 18.2 Å². The predicted octanol–water partition coefficient (Wildman–Crippen LogP) is 3.18. The van der Waals surface area contributed by atoms with Crippen LogP contribution in [0.25, 0.3) is 16.7 Å². The Morgan fingerprint density at radius 2 is 1.59 bits per heavy atom. The normalized spacial score (nSPS) is 13.9. The molecule has 0 aliphatic heterocycles. The zero-order chi connectivity index (χ0) is 24.2. The first kappa shape index (κ1) is 22.2. The maximum atomic E-state index is 13.6. The van der Waals surface area contributed by atoms with Crippen LogP contribution in [0.15, 0.2) is 75.0 Å². The maximum absolute atomic E-state index is 13.6. The molecule has 2 heterocycles. The molecule has 9 heteroatoms. The largest absolute Gasteiger partial charge is 0.355 e. The number of hydrogen-bond acceptors (Lipinski definition) is 5. The average molecular weight is 476 g/mol. The summed E-state index contributed by atoms with van der Waals surface area (Å²) in [6.07, 6.45) is 1.53. The van der Waals surface area contributed by atoms with Crippen LogP contribution in [0.3, 0.4) is 0 Å². The van der Waals surface area contributed by atoms with Crippen LogP contribution in [0.5, 0.6) is 0 Å². The smallest absolute Gasteiger partial charge is 0.337 e. The molecule has 5 rings (SSSR count). The Morgan fingerprint density at radius 3 is 2.18 bits per heavy atom. The van der Waals surface area contributed by atoms with Crippen LogP contribution in [-0.4, -0.2) is 27.0 Å². The van der Waals surface area contributed by atoms with E-state index >= 15 is 0 Å². The topological polar surface area (TPSA) is 95.1 Å². The Hall–Kier alpha value is -3.64. The quantitative estimate of drug-likeness (QED) is 0.447. The third-order valence-corrected chi connectivity index (χ3v) is 7.69. The number of hydrogen-bond donors (Lipinski definition) is 1. The molecule has 2 aromatic carbocycles. The van der Waals surface area contributed by atoms with Gasteiger partial charge in [-0.05, 0) is 62.6 Å². The van der Waals surface area contributed by atoms with Crippen molar-refractivity contribution in [3.05, 3.63) is 91.9 Å². The van der Waals surface area contributed by atoms with Crippen molar-refractivity contribution in [2.75, 3.05) is 18.6 Å². The van der Waals surface area contributed by atoms with E-state index in [0.29, 0.717) is 17.1 Å². The van der Waals surface area contributed by atoms with Crippen molar-refractivity contribution in [3.63, 3.8) is 0 Å². The summed E-state index contributed by atoms with van der Waals surface area (Å²) in [5.74, 6) is 0. The van der Waals surface area contributed by atoms with E-state index in [9.17, 15) is 18.9 Å². The van der Waals surface area contributed by atoms with Crippen molar-refractivity contribution >= 4 is 34.9 Å². The summed E-state index contributed by atoms with van der Waals surface area (Å²) in [7, 11) is -0.852. The molecule has 34 heavy (non-hydrogen) atoms. The standard InChI is InChI=1S/C25H25N4O4P/c1-27-21(30)15-20(26-16-9-13-19(14-10-16)34(2,3)33)22-23(27)28(17-7-5-4-6-8-17)25(32)29(24(22)31)18-11-12-18/h4-10,13-15,18,26H,11-12H2,1-3H3. The van der Waals surface area contributed by atoms with Crippen LogP contribution in [0.2, 0.25) is 0 Å². The van der Waals surface area contributed by atoms with Gasteiger partial charge >= 0.3 is 5.69 Å². The molecule has 0 amide bonds. The maximum Gasteiger partial charge on any atom is 0.337 e. The van der Waals surface area contributed by atoms with Gasteiger partial charge in [-0.15, -0.1) is 0 Å². The fourth-order valence-corrected chi connectivity index (χ4v) is 5.05. The molecule has 1 saturated carbocycles. The third kappa shape index (κ3) is 3.74. The molecule has 0 bridgehead atoms. The molecule has 1 fully saturated rings. The van der Waals surface area contributed by atoms with Crippen molar-refractivity contribution < 1.29 is 4.57 Å². The lowest BCUT2D eigenvalue weighted by Crippen LogP contribution is -2.41. The molecule has 0 radical (unpaired) electrons. The Kier molecular flexibility index (Phi) is 5.21. The van der Waals surface area contributed by atoms with Crippen molar-refractivity contribution in [1.82, 2.24) is 13.7 Å². The Bertz CT molecular complexity index is 1640. The molecule has 0 unspecified atom stereocenters. The highest BCUT2D eigenvalue weighted by molar-refractivity contribution is 7.70. The van der Waals surface area contributed by atoms with Gasteiger partial charge in [-0.1, -0.05) is 18.2 Å². The van der Waals surface area contributed by atoms with Crippen LogP contribution >= 0.6 is 7.14 Å². The highest BCUT2D eigenvalue weighted by Gasteiger charge is 2.30. The van der Waals surface area contributed by atoms with Gasteiger partial charge < -0.3 is 9.88 Å². The molecular weight excluding hydrogens is 451 g/mol. The minimum atomic E-state index is -2.41. The molecule has 8 nitrogen and oxygen atoms in total. The number of anilines is 2. The van der Waals surface area contributed by atoms with Gasteiger partial charge in [-0.2, -0.15) is 0 Å². The summed E-state index contributed by atoms with van der Waals surface area (Å²) in [6.45, 7) is 3.40. The highest BCUT2D eigenvalue weighted by Crippen LogP contribution is 2.35. The average Bonchev–Trinajstić information content (AvgIpc) is 3.62. The fraction of sp³-hybridized carbons (Fsp3) is 0.240. The molecule has 1 N–H and O–H groups in total. The lowest BCUT2D eigenvalue weighted by atomic mass is 10.2. The molecule has 1 aliphatic rings. The van der Waals surface area contributed by atoms with Gasteiger partial charge in [0.2, 0.25) is 0 Å². The molecular formula is C25H25N4O4P. The molecule has 0 saturated heterocycles. The zero-order valence-electron chi connectivity index (χ0n) is 19.2. The van der Waals surface area contributed by atoms with Crippen molar-refractivity contribution in [2.45, 2.75) is 18.9 Å². The van der Waals surface area contributed by atoms with E-state index < -0.39 is 18.4 Å². The summed E-state index contributed by atoms with van der Waals surface area (Å²) in [6, 6.07) is 17.3. The zero-order valence-corrected chi connectivity index (χ0v) is 20.1. The van der Waals surface area contributed by atoms with Crippen molar-refractivity contribution in [1.29, 1.82) is 0 Å². The van der Waals surface area contributed by atoms with E-state index in [1.165, 1.54) is 19.8 Å². The van der Waals surface area contributed by atoms with Gasteiger partial charge in [0, 0.05) is 30.1 Å². The number of aromatic nitrogens is 3. The first-order valence-corrected chi connectivity index (χ1v) is 13.7. The van der Waals surface area contributed by atoms with E-state index in [4.69, 9.17) is 0 Å². The lowest BCUT2D eigenvalue weighted by Gasteiger charge is -2.19. The fourth-order valence-electron chi connectivity index (χ4n) is 4.19. The van der Waals surface area contributed by atoms with E-state index in [1.54, 1.807) is 56.8 Å². The van der Waals surface area contributed by atoms with E-state index in [2.05, 4.69) is 5.32 Å². The number of nitrogens with one attached hydrogen (secondary N) is 1. The van der Waals surface area contributed by atoms with Gasteiger partial charge in [0.25, 0.3) is 11.1 Å². The minimum Gasteiger partial charge on any atom is -0.355 e. The number of fused-ring (bicyclic) bond motifs is 1. The van der Waals surface area contributed by atoms with Gasteiger partial charge in [0.05, 0.1) is 11.4 Å². The van der Waals surface area contributed by atoms with Gasteiger partial charge in [-0.3, -0.25) is 18.7 Å². The van der Waals surface area contributed by atoms with Gasteiger partial charge in [-0.25, -0.2) is 9.36 Å². The molecule has 0 spiro atoms. The van der Waals surface area contributed by atoms with Gasteiger partial charge in [0.15, 0.2) is 0 Å². The first-order chi connectivity index (χ1) is 16.2.